The number of carbonyl (C=O) groups is 2. The first-order chi connectivity index (χ1) is 9.92. The number of ketones is 1. The van der Waals surface area contributed by atoms with Gasteiger partial charge in [0.1, 0.15) is 16.4 Å². The molecule has 0 saturated heterocycles. The molecular formula is C14H16N2O4S. The lowest BCUT2D eigenvalue weighted by Crippen LogP contribution is -2.08. The predicted molar refractivity (Wildman–Crippen MR) is 78.9 cm³/mol. The number of rotatable bonds is 5. The van der Waals surface area contributed by atoms with Crippen LogP contribution in [-0.4, -0.2) is 23.8 Å². The highest BCUT2D eigenvalue weighted by Crippen LogP contribution is 2.28. The summed E-state index contributed by atoms with van der Waals surface area (Å²) in [5.41, 5.74) is 0.0420. The van der Waals surface area contributed by atoms with Crippen molar-refractivity contribution in [1.82, 2.24) is 4.98 Å². The second-order valence-corrected chi connectivity index (χ2v) is 5.56. The van der Waals surface area contributed by atoms with Crippen LogP contribution in [0.4, 0.5) is 5.13 Å². The zero-order chi connectivity index (χ0) is 15.6. The van der Waals surface area contributed by atoms with Crippen molar-refractivity contribution in [2.24, 2.45) is 0 Å². The smallest absolute Gasteiger partial charge is 0.358 e. The molecule has 0 saturated carbocycles. The second kappa shape index (κ2) is 6.09. The van der Waals surface area contributed by atoms with Gasteiger partial charge in [-0.05, 0) is 26.0 Å². The summed E-state index contributed by atoms with van der Waals surface area (Å²) in [5.74, 6) is 0.734. The van der Waals surface area contributed by atoms with Crippen LogP contribution in [0.3, 0.4) is 0 Å². The molecule has 6 nitrogen and oxygen atoms in total. The van der Waals surface area contributed by atoms with E-state index < -0.39 is 5.97 Å². The van der Waals surface area contributed by atoms with E-state index in [1.54, 1.807) is 0 Å². The Hall–Kier alpha value is -2.15. The van der Waals surface area contributed by atoms with Crippen molar-refractivity contribution in [2.45, 2.75) is 26.8 Å². The third-order valence-corrected chi connectivity index (χ3v) is 3.94. The Morgan fingerprint density at radius 2 is 2.14 bits per heavy atom. The van der Waals surface area contributed by atoms with Crippen LogP contribution < -0.4 is 5.32 Å². The highest BCUT2D eigenvalue weighted by Gasteiger charge is 2.23. The van der Waals surface area contributed by atoms with Crippen molar-refractivity contribution in [3.8, 4) is 0 Å². The van der Waals surface area contributed by atoms with Crippen LogP contribution in [0.2, 0.25) is 0 Å². The maximum absolute atomic E-state index is 11.6. The van der Waals surface area contributed by atoms with Crippen LogP contribution in [-0.2, 0) is 4.74 Å². The molecule has 1 unspecified atom stereocenters. The molecule has 112 valence electrons. The molecule has 0 amide bonds. The van der Waals surface area contributed by atoms with Crippen LogP contribution in [0.1, 0.15) is 51.6 Å². The number of hydrogen-bond donors (Lipinski definition) is 1. The zero-order valence-corrected chi connectivity index (χ0v) is 13.0. The highest BCUT2D eigenvalue weighted by atomic mass is 32.1. The number of hydrogen-bond acceptors (Lipinski definition) is 7. The van der Waals surface area contributed by atoms with Gasteiger partial charge in [-0.1, -0.05) is 11.3 Å². The van der Waals surface area contributed by atoms with Gasteiger partial charge in [0.15, 0.2) is 16.6 Å². The molecule has 2 aromatic rings. The average molecular weight is 308 g/mol. The first-order valence-corrected chi connectivity index (χ1v) is 7.17. The summed E-state index contributed by atoms with van der Waals surface area (Å²) in [6.07, 6.45) is 0. The highest BCUT2D eigenvalue weighted by molar-refractivity contribution is 7.17. The largest absolute Gasteiger partial charge is 0.464 e. The van der Waals surface area contributed by atoms with Crippen molar-refractivity contribution in [1.29, 1.82) is 0 Å². The Bertz CT molecular complexity index is 674. The summed E-state index contributed by atoms with van der Waals surface area (Å²) >= 11 is 1.13. The van der Waals surface area contributed by atoms with E-state index >= 15 is 0 Å². The van der Waals surface area contributed by atoms with Crippen molar-refractivity contribution in [3.63, 3.8) is 0 Å². The van der Waals surface area contributed by atoms with Crippen LogP contribution in [0, 0.1) is 6.92 Å². The lowest BCUT2D eigenvalue weighted by Gasteiger charge is -2.09. The molecule has 7 heteroatoms. The summed E-state index contributed by atoms with van der Waals surface area (Å²) in [4.78, 5) is 27.6. The Labute approximate surface area is 126 Å². The molecule has 0 aromatic carbocycles. The second-order valence-electron chi connectivity index (χ2n) is 4.56. The van der Waals surface area contributed by atoms with E-state index in [9.17, 15) is 9.59 Å². The van der Waals surface area contributed by atoms with Crippen LogP contribution in [0.25, 0.3) is 0 Å². The number of esters is 1. The van der Waals surface area contributed by atoms with Gasteiger partial charge in [-0.25, -0.2) is 9.78 Å². The lowest BCUT2D eigenvalue weighted by molar-refractivity contribution is 0.0591. The number of anilines is 1. The van der Waals surface area contributed by atoms with E-state index in [2.05, 4.69) is 15.0 Å². The summed E-state index contributed by atoms with van der Waals surface area (Å²) in [6, 6.07) is 3.61. The van der Waals surface area contributed by atoms with E-state index in [-0.39, 0.29) is 22.4 Å². The van der Waals surface area contributed by atoms with Gasteiger partial charge in [-0.15, -0.1) is 0 Å². The normalized spacial score (nSPS) is 12.0. The quantitative estimate of drug-likeness (QED) is 0.674. The minimum absolute atomic E-state index is 0.0420. The van der Waals surface area contributed by atoms with Gasteiger partial charge in [0.05, 0.1) is 13.2 Å². The molecule has 2 aromatic heterocycles. The molecule has 1 N–H and O–H groups in total. The maximum Gasteiger partial charge on any atom is 0.358 e. The molecule has 0 aliphatic heterocycles. The number of thiazole rings is 1. The molecular weight excluding hydrogens is 292 g/mol. The minimum Gasteiger partial charge on any atom is -0.464 e. The molecule has 0 fully saturated rings. The first kappa shape index (κ1) is 15.2. The topological polar surface area (TPSA) is 81.4 Å². The van der Waals surface area contributed by atoms with Gasteiger partial charge < -0.3 is 14.5 Å². The van der Waals surface area contributed by atoms with E-state index in [1.807, 2.05) is 26.0 Å². The van der Waals surface area contributed by atoms with Gasteiger partial charge in [-0.3, -0.25) is 4.79 Å². The fourth-order valence-corrected chi connectivity index (χ4v) is 2.73. The lowest BCUT2D eigenvalue weighted by atomic mass is 10.2. The van der Waals surface area contributed by atoms with Gasteiger partial charge >= 0.3 is 5.97 Å². The number of nitrogens with one attached hydrogen (secondary N) is 1. The molecule has 21 heavy (non-hydrogen) atoms. The maximum atomic E-state index is 11.6. The predicted octanol–water partition coefficient (Wildman–Crippen LogP) is 3.21. The number of ether oxygens (including phenoxy) is 1. The van der Waals surface area contributed by atoms with Crippen molar-refractivity contribution >= 4 is 28.2 Å². The van der Waals surface area contributed by atoms with Crippen LogP contribution in [0.15, 0.2) is 16.5 Å². The Balaban J connectivity index is 2.24. The molecule has 0 bridgehead atoms. The monoisotopic (exact) mass is 308 g/mol. The Morgan fingerprint density at radius 3 is 2.67 bits per heavy atom. The number of furan rings is 1. The molecule has 2 rings (SSSR count). The molecule has 0 aliphatic rings. The standard InChI is InChI=1S/C14H16N2O4S/c1-7-5-6-10(20-7)8(2)15-14-16-11(13(18)19-4)12(21-14)9(3)17/h5-6,8H,1-4H3,(H,15,16). The van der Waals surface area contributed by atoms with Crippen LogP contribution >= 0.6 is 11.3 Å². The van der Waals surface area contributed by atoms with Gasteiger partial charge in [0.2, 0.25) is 0 Å². The van der Waals surface area contributed by atoms with E-state index in [0.29, 0.717) is 5.13 Å². The number of nitrogens with zero attached hydrogens (tertiary/aromatic N) is 1. The first-order valence-electron chi connectivity index (χ1n) is 6.35. The SMILES string of the molecule is COC(=O)c1nc(NC(C)c2ccc(C)o2)sc1C(C)=O. The average Bonchev–Trinajstić information content (AvgIpc) is 3.04. The van der Waals surface area contributed by atoms with Crippen LogP contribution in [0.5, 0.6) is 0 Å². The molecule has 0 spiro atoms. The zero-order valence-electron chi connectivity index (χ0n) is 12.2. The molecule has 0 aliphatic carbocycles. The number of aryl methyl sites for hydroxylation is 1. The third kappa shape index (κ3) is 3.30. The Morgan fingerprint density at radius 1 is 1.43 bits per heavy atom. The van der Waals surface area contributed by atoms with Gasteiger partial charge in [0.25, 0.3) is 0 Å². The van der Waals surface area contributed by atoms with Crippen molar-refractivity contribution in [2.75, 3.05) is 12.4 Å². The van der Waals surface area contributed by atoms with Gasteiger partial charge in [0, 0.05) is 6.92 Å². The minimum atomic E-state index is -0.619. The number of methoxy groups -OCH3 is 1. The summed E-state index contributed by atoms with van der Waals surface area (Å²) in [7, 11) is 1.26. The van der Waals surface area contributed by atoms with E-state index in [4.69, 9.17) is 4.42 Å². The number of aromatic nitrogens is 1. The third-order valence-electron chi connectivity index (χ3n) is 2.85. The molecule has 1 atom stereocenters. The number of carbonyl (C=O) groups excluding carboxylic acids is 2. The summed E-state index contributed by atoms with van der Waals surface area (Å²) < 4.78 is 10.2. The fourth-order valence-electron chi connectivity index (χ4n) is 1.80. The van der Waals surface area contributed by atoms with Crippen molar-refractivity contribution < 1.29 is 18.7 Å². The molecule has 0 radical (unpaired) electrons. The molecule has 2 heterocycles. The number of Topliss-reactive ketones (excluding diaryl/α,β-unsaturated/α-hetero) is 1. The Kier molecular flexibility index (Phi) is 4.42. The summed E-state index contributed by atoms with van der Waals surface area (Å²) in [5, 5.41) is 3.59. The van der Waals surface area contributed by atoms with E-state index in [0.717, 1.165) is 22.9 Å². The van der Waals surface area contributed by atoms with E-state index in [1.165, 1.54) is 14.0 Å². The fraction of sp³-hybridized carbons (Fsp3) is 0.357. The summed E-state index contributed by atoms with van der Waals surface area (Å²) in [6.45, 7) is 5.16. The van der Waals surface area contributed by atoms with Crippen molar-refractivity contribution in [3.05, 3.63) is 34.2 Å². The van der Waals surface area contributed by atoms with Gasteiger partial charge in [-0.2, -0.15) is 0 Å².